The van der Waals surface area contributed by atoms with Gasteiger partial charge in [-0.2, -0.15) is 0 Å². The smallest absolute Gasteiger partial charge is 0.224 e. The second-order valence-corrected chi connectivity index (χ2v) is 5.30. The van der Waals surface area contributed by atoms with E-state index in [9.17, 15) is 4.79 Å². The summed E-state index contributed by atoms with van der Waals surface area (Å²) < 4.78 is 0. The highest BCUT2D eigenvalue weighted by atomic mass is 16.1. The Hall–Kier alpha value is -1.55. The molecule has 0 radical (unpaired) electrons. The fourth-order valence-corrected chi connectivity index (χ4v) is 2.49. The molecule has 0 atom stereocenters. The van der Waals surface area contributed by atoms with Crippen LogP contribution >= 0.6 is 0 Å². The molecule has 1 amide bonds. The van der Waals surface area contributed by atoms with Crippen LogP contribution in [0.3, 0.4) is 0 Å². The SMILES string of the molecule is CNC(=O)Cc1ccc(NC2CCC(N)CC2)cc1. The number of nitrogens with one attached hydrogen (secondary N) is 2. The molecule has 1 saturated carbocycles. The lowest BCUT2D eigenvalue weighted by atomic mass is 9.91. The molecule has 0 spiro atoms. The summed E-state index contributed by atoms with van der Waals surface area (Å²) in [4.78, 5) is 11.3. The Bertz CT molecular complexity index is 408. The monoisotopic (exact) mass is 261 g/mol. The van der Waals surface area contributed by atoms with Crippen LogP contribution in [0, 0.1) is 0 Å². The molecule has 1 aromatic rings. The maximum atomic E-state index is 11.3. The van der Waals surface area contributed by atoms with E-state index in [1.54, 1.807) is 7.05 Å². The first-order valence-electron chi connectivity index (χ1n) is 6.99. The maximum absolute atomic E-state index is 11.3. The van der Waals surface area contributed by atoms with E-state index in [0.717, 1.165) is 36.9 Å². The molecular weight excluding hydrogens is 238 g/mol. The zero-order chi connectivity index (χ0) is 13.7. The Morgan fingerprint density at radius 2 is 1.84 bits per heavy atom. The molecule has 4 nitrogen and oxygen atoms in total. The van der Waals surface area contributed by atoms with Gasteiger partial charge in [0.1, 0.15) is 0 Å². The van der Waals surface area contributed by atoms with Gasteiger partial charge in [-0.3, -0.25) is 4.79 Å². The predicted octanol–water partition coefficient (Wildman–Crippen LogP) is 1.66. The average molecular weight is 261 g/mol. The molecule has 0 heterocycles. The summed E-state index contributed by atoms with van der Waals surface area (Å²) in [6.45, 7) is 0. The number of amides is 1. The van der Waals surface area contributed by atoms with E-state index in [2.05, 4.69) is 10.6 Å². The number of nitrogens with two attached hydrogens (primary N) is 1. The van der Waals surface area contributed by atoms with Gasteiger partial charge < -0.3 is 16.4 Å². The zero-order valence-corrected chi connectivity index (χ0v) is 11.5. The Morgan fingerprint density at radius 1 is 1.21 bits per heavy atom. The second kappa shape index (κ2) is 6.57. The molecule has 4 N–H and O–H groups in total. The topological polar surface area (TPSA) is 67.2 Å². The summed E-state index contributed by atoms with van der Waals surface area (Å²) in [5.74, 6) is 0.0435. The Balaban J connectivity index is 1.86. The van der Waals surface area contributed by atoms with Gasteiger partial charge in [0.2, 0.25) is 5.91 Å². The van der Waals surface area contributed by atoms with Gasteiger partial charge in [-0.25, -0.2) is 0 Å². The molecule has 2 rings (SSSR count). The first-order valence-corrected chi connectivity index (χ1v) is 6.99. The van der Waals surface area contributed by atoms with E-state index >= 15 is 0 Å². The van der Waals surface area contributed by atoms with Gasteiger partial charge in [-0.15, -0.1) is 0 Å². The fraction of sp³-hybridized carbons (Fsp3) is 0.533. The van der Waals surface area contributed by atoms with E-state index in [1.807, 2.05) is 24.3 Å². The summed E-state index contributed by atoms with van der Waals surface area (Å²) in [5.41, 5.74) is 8.07. The Kier molecular flexibility index (Phi) is 4.80. The van der Waals surface area contributed by atoms with Crippen LogP contribution in [0.15, 0.2) is 24.3 Å². The van der Waals surface area contributed by atoms with Crippen molar-refractivity contribution < 1.29 is 4.79 Å². The Morgan fingerprint density at radius 3 is 2.42 bits per heavy atom. The van der Waals surface area contributed by atoms with Crippen molar-refractivity contribution in [1.82, 2.24) is 5.32 Å². The predicted molar refractivity (Wildman–Crippen MR) is 78.1 cm³/mol. The summed E-state index contributed by atoms with van der Waals surface area (Å²) in [7, 11) is 1.66. The lowest BCUT2D eigenvalue weighted by Gasteiger charge is -2.27. The molecule has 4 heteroatoms. The largest absolute Gasteiger partial charge is 0.382 e. The maximum Gasteiger partial charge on any atom is 0.224 e. The van der Waals surface area contributed by atoms with Crippen LogP contribution in [-0.2, 0) is 11.2 Å². The van der Waals surface area contributed by atoms with Gasteiger partial charge in [-0.05, 0) is 43.4 Å². The molecule has 0 aliphatic heterocycles. The molecule has 1 aromatic carbocycles. The molecule has 1 aliphatic rings. The van der Waals surface area contributed by atoms with E-state index in [-0.39, 0.29) is 5.91 Å². The molecule has 19 heavy (non-hydrogen) atoms. The summed E-state index contributed by atoms with van der Waals surface area (Å²) >= 11 is 0. The molecule has 0 saturated heterocycles. The highest BCUT2D eigenvalue weighted by molar-refractivity contribution is 5.78. The van der Waals surface area contributed by atoms with E-state index < -0.39 is 0 Å². The van der Waals surface area contributed by atoms with E-state index in [1.165, 1.54) is 0 Å². The highest BCUT2D eigenvalue weighted by Gasteiger charge is 2.17. The number of carbonyl (C=O) groups is 1. The average Bonchev–Trinajstić information content (AvgIpc) is 2.43. The highest BCUT2D eigenvalue weighted by Crippen LogP contribution is 2.21. The standard InChI is InChI=1S/C15H23N3O/c1-17-15(19)10-11-2-6-13(7-3-11)18-14-8-4-12(16)5-9-14/h2-3,6-7,12,14,18H,4-5,8-10,16H2,1H3,(H,17,19). The summed E-state index contributed by atoms with van der Waals surface area (Å²) in [5, 5.41) is 6.17. The van der Waals surface area contributed by atoms with E-state index in [0.29, 0.717) is 18.5 Å². The molecule has 0 aromatic heterocycles. The van der Waals surface area contributed by atoms with Gasteiger partial charge in [-0.1, -0.05) is 12.1 Å². The quantitative estimate of drug-likeness (QED) is 0.772. The third-order valence-corrected chi connectivity index (χ3v) is 3.74. The van der Waals surface area contributed by atoms with Crippen LogP contribution in [0.1, 0.15) is 31.2 Å². The molecule has 0 bridgehead atoms. The molecular formula is C15H23N3O. The number of rotatable bonds is 4. The third kappa shape index (κ3) is 4.24. The van der Waals surface area contributed by atoms with Crippen LogP contribution in [0.2, 0.25) is 0 Å². The van der Waals surface area contributed by atoms with Crippen molar-refractivity contribution in [3.63, 3.8) is 0 Å². The number of hydrogen-bond acceptors (Lipinski definition) is 3. The van der Waals surface area contributed by atoms with Crippen molar-refractivity contribution in [3.8, 4) is 0 Å². The second-order valence-electron chi connectivity index (χ2n) is 5.30. The first kappa shape index (κ1) is 13.9. The van der Waals surface area contributed by atoms with Crippen molar-refractivity contribution >= 4 is 11.6 Å². The number of hydrogen-bond donors (Lipinski definition) is 3. The number of benzene rings is 1. The van der Waals surface area contributed by atoms with Crippen molar-refractivity contribution in [2.75, 3.05) is 12.4 Å². The normalized spacial score (nSPS) is 22.8. The van der Waals surface area contributed by atoms with E-state index in [4.69, 9.17) is 5.73 Å². The lowest BCUT2D eigenvalue weighted by molar-refractivity contribution is -0.119. The van der Waals surface area contributed by atoms with Crippen LogP contribution in [0.5, 0.6) is 0 Å². The lowest BCUT2D eigenvalue weighted by Crippen LogP contribution is -2.32. The van der Waals surface area contributed by atoms with Gasteiger partial charge in [0, 0.05) is 24.8 Å². The van der Waals surface area contributed by atoms with Crippen molar-refractivity contribution in [2.24, 2.45) is 5.73 Å². The van der Waals surface area contributed by atoms with Gasteiger partial charge in [0.15, 0.2) is 0 Å². The number of anilines is 1. The molecule has 104 valence electrons. The number of likely N-dealkylation sites (N-methyl/N-ethyl adjacent to an activating group) is 1. The van der Waals surface area contributed by atoms with Gasteiger partial charge in [0.05, 0.1) is 6.42 Å². The van der Waals surface area contributed by atoms with Crippen LogP contribution in [-0.4, -0.2) is 25.0 Å². The third-order valence-electron chi connectivity index (χ3n) is 3.74. The van der Waals surface area contributed by atoms with Crippen LogP contribution in [0.25, 0.3) is 0 Å². The van der Waals surface area contributed by atoms with Crippen LogP contribution < -0.4 is 16.4 Å². The summed E-state index contributed by atoms with van der Waals surface area (Å²) in [6.07, 6.45) is 4.93. The Labute approximate surface area is 114 Å². The van der Waals surface area contributed by atoms with Crippen molar-refractivity contribution in [2.45, 2.75) is 44.2 Å². The van der Waals surface area contributed by atoms with Gasteiger partial charge in [0.25, 0.3) is 0 Å². The molecule has 1 aliphatic carbocycles. The summed E-state index contributed by atoms with van der Waals surface area (Å²) in [6, 6.07) is 9.02. The van der Waals surface area contributed by atoms with Crippen molar-refractivity contribution in [3.05, 3.63) is 29.8 Å². The zero-order valence-electron chi connectivity index (χ0n) is 11.5. The minimum Gasteiger partial charge on any atom is -0.382 e. The molecule has 1 fully saturated rings. The number of carbonyl (C=O) groups excluding carboxylic acids is 1. The van der Waals surface area contributed by atoms with Gasteiger partial charge >= 0.3 is 0 Å². The fourth-order valence-electron chi connectivity index (χ4n) is 2.49. The van der Waals surface area contributed by atoms with Crippen LogP contribution in [0.4, 0.5) is 5.69 Å². The first-order chi connectivity index (χ1) is 9.17. The minimum absolute atomic E-state index is 0.0435. The van der Waals surface area contributed by atoms with Crippen molar-refractivity contribution in [1.29, 1.82) is 0 Å². The molecule has 0 unspecified atom stereocenters. The minimum atomic E-state index is 0.0435.